The van der Waals surface area contributed by atoms with E-state index in [1.54, 1.807) is 0 Å². The van der Waals surface area contributed by atoms with Gasteiger partial charge in [0.05, 0.1) is 6.61 Å². The Kier molecular flexibility index (Phi) is 4.51. The zero-order chi connectivity index (χ0) is 13.9. The molecule has 106 valence electrons. The van der Waals surface area contributed by atoms with Gasteiger partial charge in [0, 0.05) is 12.0 Å². The van der Waals surface area contributed by atoms with E-state index >= 15 is 0 Å². The van der Waals surface area contributed by atoms with Crippen molar-refractivity contribution in [2.24, 2.45) is 11.1 Å². The molecule has 0 aliphatic heterocycles. The van der Waals surface area contributed by atoms with Crippen molar-refractivity contribution in [3.8, 4) is 5.75 Å². The summed E-state index contributed by atoms with van der Waals surface area (Å²) in [7, 11) is 0. The van der Waals surface area contributed by atoms with Gasteiger partial charge in [-0.05, 0) is 42.7 Å². The molecule has 2 nitrogen and oxygen atoms in total. The molecule has 0 bridgehead atoms. The fraction of sp³-hybridized carbons (Fsp3) is 0.647. The molecule has 1 fully saturated rings. The van der Waals surface area contributed by atoms with Crippen LogP contribution in [0.2, 0.25) is 0 Å². The van der Waals surface area contributed by atoms with Crippen molar-refractivity contribution >= 4 is 0 Å². The van der Waals surface area contributed by atoms with Crippen LogP contribution in [0, 0.1) is 5.41 Å². The molecule has 2 unspecified atom stereocenters. The van der Waals surface area contributed by atoms with Crippen LogP contribution in [0.25, 0.3) is 0 Å². The lowest BCUT2D eigenvalue weighted by Gasteiger charge is -2.40. The molecular weight excluding hydrogens is 234 g/mol. The SMILES string of the molecule is CCCOc1ccccc1C1CC(C)(C)CCC1N. The Hall–Kier alpha value is -1.02. The second kappa shape index (κ2) is 5.96. The fourth-order valence-corrected chi connectivity index (χ4v) is 3.08. The summed E-state index contributed by atoms with van der Waals surface area (Å²) in [5.74, 6) is 1.46. The first-order chi connectivity index (χ1) is 9.03. The van der Waals surface area contributed by atoms with Gasteiger partial charge in [0.25, 0.3) is 0 Å². The first-order valence-electron chi connectivity index (χ1n) is 7.51. The summed E-state index contributed by atoms with van der Waals surface area (Å²) in [6, 6.07) is 8.69. The number of benzene rings is 1. The molecule has 1 aromatic rings. The van der Waals surface area contributed by atoms with Crippen molar-refractivity contribution < 1.29 is 4.74 Å². The normalized spacial score (nSPS) is 26.1. The second-order valence-electron chi connectivity index (χ2n) is 6.56. The van der Waals surface area contributed by atoms with Gasteiger partial charge in [0.2, 0.25) is 0 Å². The van der Waals surface area contributed by atoms with E-state index < -0.39 is 0 Å². The summed E-state index contributed by atoms with van der Waals surface area (Å²) >= 11 is 0. The van der Waals surface area contributed by atoms with Crippen LogP contribution < -0.4 is 10.5 Å². The van der Waals surface area contributed by atoms with Crippen molar-refractivity contribution in [2.75, 3.05) is 6.61 Å². The average Bonchev–Trinajstić information content (AvgIpc) is 2.40. The molecule has 2 atom stereocenters. The van der Waals surface area contributed by atoms with Crippen molar-refractivity contribution in [3.63, 3.8) is 0 Å². The average molecular weight is 261 g/mol. The second-order valence-corrected chi connectivity index (χ2v) is 6.56. The summed E-state index contributed by atoms with van der Waals surface area (Å²) in [6.07, 6.45) is 4.53. The van der Waals surface area contributed by atoms with Gasteiger partial charge < -0.3 is 10.5 Å². The number of hydrogen-bond donors (Lipinski definition) is 1. The zero-order valence-corrected chi connectivity index (χ0v) is 12.5. The van der Waals surface area contributed by atoms with Crippen LogP contribution in [0.5, 0.6) is 5.75 Å². The zero-order valence-electron chi connectivity index (χ0n) is 12.5. The highest BCUT2D eigenvalue weighted by atomic mass is 16.5. The predicted molar refractivity (Wildman–Crippen MR) is 80.6 cm³/mol. The summed E-state index contributed by atoms with van der Waals surface area (Å²) in [6.45, 7) is 7.61. The fourth-order valence-electron chi connectivity index (χ4n) is 3.08. The van der Waals surface area contributed by atoms with E-state index in [1.165, 1.54) is 12.0 Å². The molecule has 1 aromatic carbocycles. The molecule has 0 saturated heterocycles. The molecule has 1 aliphatic rings. The van der Waals surface area contributed by atoms with E-state index in [-0.39, 0.29) is 6.04 Å². The van der Waals surface area contributed by atoms with Crippen LogP contribution in [0.15, 0.2) is 24.3 Å². The molecule has 2 heteroatoms. The van der Waals surface area contributed by atoms with Gasteiger partial charge in [-0.1, -0.05) is 39.0 Å². The lowest BCUT2D eigenvalue weighted by Crippen LogP contribution is -2.37. The summed E-state index contributed by atoms with van der Waals surface area (Å²) in [4.78, 5) is 0. The van der Waals surface area contributed by atoms with Crippen molar-refractivity contribution in [3.05, 3.63) is 29.8 Å². The molecule has 1 saturated carbocycles. The van der Waals surface area contributed by atoms with E-state index in [0.717, 1.165) is 31.6 Å². The molecule has 19 heavy (non-hydrogen) atoms. The molecule has 2 rings (SSSR count). The number of nitrogens with two attached hydrogens (primary N) is 1. The molecule has 0 amide bonds. The van der Waals surface area contributed by atoms with Crippen molar-refractivity contribution in [1.82, 2.24) is 0 Å². The number of para-hydroxylation sites is 1. The maximum absolute atomic E-state index is 6.37. The van der Waals surface area contributed by atoms with Gasteiger partial charge in [-0.25, -0.2) is 0 Å². The van der Waals surface area contributed by atoms with E-state index in [4.69, 9.17) is 10.5 Å². The van der Waals surface area contributed by atoms with Crippen LogP contribution in [0.3, 0.4) is 0 Å². The summed E-state index contributed by atoms with van der Waals surface area (Å²) in [5.41, 5.74) is 8.06. The van der Waals surface area contributed by atoms with Crippen LogP contribution in [-0.4, -0.2) is 12.6 Å². The molecule has 1 aliphatic carbocycles. The Morgan fingerprint density at radius 2 is 2.05 bits per heavy atom. The Labute approximate surface area is 117 Å². The quantitative estimate of drug-likeness (QED) is 0.885. The summed E-state index contributed by atoms with van der Waals surface area (Å²) < 4.78 is 5.90. The van der Waals surface area contributed by atoms with Gasteiger partial charge in [0.1, 0.15) is 5.75 Å². The summed E-state index contributed by atoms with van der Waals surface area (Å²) in [5, 5.41) is 0. The monoisotopic (exact) mass is 261 g/mol. The Morgan fingerprint density at radius 1 is 1.32 bits per heavy atom. The number of rotatable bonds is 4. The third-order valence-electron chi connectivity index (χ3n) is 4.22. The highest BCUT2D eigenvalue weighted by Gasteiger charge is 2.35. The highest BCUT2D eigenvalue weighted by Crippen LogP contribution is 2.44. The van der Waals surface area contributed by atoms with Crippen molar-refractivity contribution in [2.45, 2.75) is 58.4 Å². The highest BCUT2D eigenvalue weighted by molar-refractivity contribution is 5.37. The molecule has 0 heterocycles. The van der Waals surface area contributed by atoms with Crippen LogP contribution >= 0.6 is 0 Å². The van der Waals surface area contributed by atoms with E-state index in [1.807, 2.05) is 6.07 Å². The van der Waals surface area contributed by atoms with Crippen LogP contribution in [-0.2, 0) is 0 Å². The molecule has 0 radical (unpaired) electrons. The van der Waals surface area contributed by atoms with E-state index in [0.29, 0.717) is 11.3 Å². The Morgan fingerprint density at radius 3 is 2.79 bits per heavy atom. The van der Waals surface area contributed by atoms with Crippen LogP contribution in [0.4, 0.5) is 0 Å². The molecule has 0 aromatic heterocycles. The molecule has 2 N–H and O–H groups in total. The van der Waals surface area contributed by atoms with Gasteiger partial charge in [0.15, 0.2) is 0 Å². The first kappa shape index (κ1) is 14.4. The van der Waals surface area contributed by atoms with Crippen molar-refractivity contribution in [1.29, 1.82) is 0 Å². The smallest absolute Gasteiger partial charge is 0.122 e. The predicted octanol–water partition coefficient (Wildman–Crippen LogP) is 4.10. The minimum atomic E-state index is 0.263. The maximum atomic E-state index is 6.37. The van der Waals surface area contributed by atoms with E-state index in [9.17, 15) is 0 Å². The lowest BCUT2D eigenvalue weighted by atomic mass is 9.68. The minimum Gasteiger partial charge on any atom is -0.493 e. The van der Waals surface area contributed by atoms with Gasteiger partial charge in [-0.2, -0.15) is 0 Å². The van der Waals surface area contributed by atoms with Crippen LogP contribution in [0.1, 0.15) is 57.9 Å². The van der Waals surface area contributed by atoms with Gasteiger partial charge in [-0.3, -0.25) is 0 Å². The first-order valence-corrected chi connectivity index (χ1v) is 7.51. The Bertz CT molecular complexity index is 413. The minimum absolute atomic E-state index is 0.263. The molecular formula is C17H27NO. The topological polar surface area (TPSA) is 35.2 Å². The molecule has 0 spiro atoms. The number of hydrogen-bond acceptors (Lipinski definition) is 2. The third kappa shape index (κ3) is 3.50. The maximum Gasteiger partial charge on any atom is 0.122 e. The van der Waals surface area contributed by atoms with E-state index in [2.05, 4.69) is 39.0 Å². The standard InChI is InChI=1S/C17H27NO/c1-4-11-19-16-8-6-5-7-13(16)14-12-17(2,3)10-9-15(14)18/h5-8,14-15H,4,9-12,18H2,1-3H3. The van der Waals surface area contributed by atoms with Gasteiger partial charge >= 0.3 is 0 Å². The van der Waals surface area contributed by atoms with Gasteiger partial charge in [-0.15, -0.1) is 0 Å². The third-order valence-corrected chi connectivity index (χ3v) is 4.22. The largest absolute Gasteiger partial charge is 0.493 e. The number of ether oxygens (including phenoxy) is 1. The lowest BCUT2D eigenvalue weighted by molar-refractivity contribution is 0.195. The Balaban J connectivity index is 2.24.